The van der Waals surface area contributed by atoms with Crippen molar-refractivity contribution in [1.29, 1.82) is 0 Å². The summed E-state index contributed by atoms with van der Waals surface area (Å²) >= 11 is 7.28. The van der Waals surface area contributed by atoms with Crippen LogP contribution in [0.25, 0.3) is 0 Å². The number of hydrogen-bond acceptors (Lipinski definition) is 2. The maximum absolute atomic E-state index is 12.6. The summed E-state index contributed by atoms with van der Waals surface area (Å²) in [5.41, 5.74) is 3.42. The molecule has 1 aliphatic heterocycles. The average Bonchev–Trinajstić information content (AvgIpc) is 3.08. The van der Waals surface area contributed by atoms with Gasteiger partial charge in [-0.15, -0.1) is 0 Å². The summed E-state index contributed by atoms with van der Waals surface area (Å²) in [5, 5.41) is 0. The Balaban J connectivity index is 1.68. The second-order valence-corrected chi connectivity index (χ2v) is 8.14. The molecule has 0 aromatic heterocycles. The van der Waals surface area contributed by atoms with Crippen LogP contribution in [0.1, 0.15) is 25.7 Å². The number of hydrogen-bond donors (Lipinski definition) is 0. The largest absolute Gasteiger partial charge is 0.271 e. The van der Waals surface area contributed by atoms with E-state index in [1.807, 2.05) is 12.2 Å². The minimum Gasteiger partial charge on any atom is -0.271 e. The molecule has 0 radical (unpaired) electrons. The van der Waals surface area contributed by atoms with Crippen LogP contribution >= 0.6 is 31.9 Å². The molecule has 1 saturated carbocycles. The molecule has 104 valence electrons. The highest BCUT2D eigenvalue weighted by atomic mass is 79.9. The molecule has 4 rings (SSSR count). The lowest BCUT2D eigenvalue weighted by atomic mass is 9.94. The van der Waals surface area contributed by atoms with Crippen molar-refractivity contribution in [2.24, 2.45) is 0 Å². The van der Waals surface area contributed by atoms with Crippen molar-refractivity contribution in [3.63, 3.8) is 0 Å². The van der Waals surface area contributed by atoms with Crippen LogP contribution in [0.4, 0.5) is 0 Å². The molecule has 4 aliphatic rings. The zero-order valence-electron chi connectivity index (χ0n) is 10.7. The molecule has 2 bridgehead atoms. The van der Waals surface area contributed by atoms with Crippen LogP contribution in [-0.4, -0.2) is 32.4 Å². The minimum absolute atomic E-state index is 0.0272. The van der Waals surface area contributed by atoms with Gasteiger partial charge in [-0.25, -0.2) is 0 Å². The number of halogens is 2. The number of amides is 2. The lowest BCUT2D eigenvalue weighted by molar-refractivity contribution is -0.139. The summed E-state index contributed by atoms with van der Waals surface area (Å²) in [6.07, 6.45) is 7.41. The fraction of sp³-hybridized carbons (Fsp3) is 0.467. The van der Waals surface area contributed by atoms with Gasteiger partial charge in [0.15, 0.2) is 0 Å². The van der Waals surface area contributed by atoms with E-state index in [-0.39, 0.29) is 17.9 Å². The molecular formula is C15H13Br2NO2. The third-order valence-corrected chi connectivity index (χ3v) is 7.47. The predicted molar refractivity (Wildman–Crippen MR) is 82.7 cm³/mol. The quantitative estimate of drug-likeness (QED) is 0.503. The summed E-state index contributed by atoms with van der Waals surface area (Å²) in [5.74, 6) is -0.144. The zero-order valence-corrected chi connectivity index (χ0v) is 13.9. The normalized spacial score (nSPS) is 35.7. The molecule has 3 unspecified atom stereocenters. The van der Waals surface area contributed by atoms with Gasteiger partial charge in [0.05, 0.1) is 11.1 Å². The van der Waals surface area contributed by atoms with Crippen LogP contribution < -0.4 is 0 Å². The van der Waals surface area contributed by atoms with E-state index in [0.29, 0.717) is 20.8 Å². The van der Waals surface area contributed by atoms with E-state index in [9.17, 15) is 9.59 Å². The van der Waals surface area contributed by atoms with Gasteiger partial charge in [-0.05, 0) is 36.8 Å². The first-order valence-electron chi connectivity index (χ1n) is 6.88. The Morgan fingerprint density at radius 3 is 2.10 bits per heavy atom. The van der Waals surface area contributed by atoms with Crippen molar-refractivity contribution in [3.8, 4) is 0 Å². The molecule has 0 N–H and O–H groups in total. The number of alkyl halides is 2. The summed E-state index contributed by atoms with van der Waals surface area (Å²) in [6.45, 7) is 0. The van der Waals surface area contributed by atoms with Gasteiger partial charge in [-0.3, -0.25) is 14.5 Å². The van der Waals surface area contributed by atoms with E-state index in [1.165, 1.54) is 4.90 Å². The summed E-state index contributed by atoms with van der Waals surface area (Å²) in [4.78, 5) is 27.5. The SMILES string of the molecule is O=C1C2=C3C=CC(=C2C(=O)N1C1CCC(Br)C(Br)C1)C3. The molecule has 0 aromatic rings. The number of allylic oxidation sites excluding steroid dienone is 4. The van der Waals surface area contributed by atoms with E-state index in [1.54, 1.807) is 0 Å². The molecular weight excluding hydrogens is 386 g/mol. The van der Waals surface area contributed by atoms with Crippen molar-refractivity contribution >= 4 is 43.7 Å². The molecule has 3 atom stereocenters. The number of carbonyl (C=O) groups is 2. The predicted octanol–water partition coefficient (Wildman–Crippen LogP) is 3.00. The molecule has 3 aliphatic carbocycles. The first kappa shape index (κ1) is 13.0. The summed E-state index contributed by atoms with van der Waals surface area (Å²) in [6, 6.07) is 0.0272. The minimum atomic E-state index is -0.0722. The second-order valence-electron chi connectivity index (χ2n) is 5.79. The van der Waals surface area contributed by atoms with Gasteiger partial charge in [0.25, 0.3) is 11.8 Å². The van der Waals surface area contributed by atoms with E-state index in [4.69, 9.17) is 0 Å². The molecule has 2 fully saturated rings. The monoisotopic (exact) mass is 397 g/mol. The Kier molecular flexibility index (Phi) is 2.87. The van der Waals surface area contributed by atoms with Gasteiger partial charge in [0.2, 0.25) is 0 Å². The van der Waals surface area contributed by atoms with E-state index in [2.05, 4.69) is 31.9 Å². The smallest absolute Gasteiger partial charge is 0.262 e. The number of rotatable bonds is 1. The molecule has 2 amide bonds. The van der Waals surface area contributed by atoms with Crippen molar-refractivity contribution in [1.82, 2.24) is 4.90 Å². The third kappa shape index (κ3) is 1.62. The number of likely N-dealkylation sites (tertiary alicyclic amines) is 1. The topological polar surface area (TPSA) is 37.4 Å². The maximum atomic E-state index is 12.6. The Bertz CT molecular complexity index is 592. The van der Waals surface area contributed by atoms with Gasteiger partial charge in [0.1, 0.15) is 0 Å². The van der Waals surface area contributed by atoms with Crippen LogP contribution in [0.5, 0.6) is 0 Å². The van der Waals surface area contributed by atoms with Crippen molar-refractivity contribution in [3.05, 3.63) is 34.4 Å². The van der Waals surface area contributed by atoms with Crippen molar-refractivity contribution in [2.75, 3.05) is 0 Å². The van der Waals surface area contributed by atoms with Gasteiger partial charge >= 0.3 is 0 Å². The fourth-order valence-corrected chi connectivity index (χ4v) is 4.81. The Labute approximate surface area is 134 Å². The van der Waals surface area contributed by atoms with Crippen LogP contribution in [0, 0.1) is 0 Å². The molecule has 0 aromatic carbocycles. The van der Waals surface area contributed by atoms with Gasteiger partial charge in [0, 0.05) is 15.7 Å². The zero-order chi connectivity index (χ0) is 14.0. The standard InChI is InChI=1S/C15H13Br2NO2/c16-10-4-3-9(6-11(10)17)18-14(19)12-7-1-2-8(5-7)13(12)15(18)20/h1-2,9-11H,3-6H2. The third-order valence-electron chi connectivity index (χ3n) is 4.65. The maximum Gasteiger partial charge on any atom is 0.262 e. The fourth-order valence-electron chi connectivity index (χ4n) is 3.63. The number of fused-ring (bicyclic) bond motifs is 3. The highest BCUT2D eigenvalue weighted by Crippen LogP contribution is 2.46. The summed E-state index contributed by atoms with van der Waals surface area (Å²) in [7, 11) is 0. The lowest BCUT2D eigenvalue weighted by Gasteiger charge is -2.34. The molecule has 1 saturated heterocycles. The number of nitrogens with zero attached hydrogens (tertiary/aromatic N) is 1. The molecule has 0 spiro atoms. The average molecular weight is 399 g/mol. The van der Waals surface area contributed by atoms with Gasteiger partial charge in [-0.2, -0.15) is 0 Å². The van der Waals surface area contributed by atoms with Crippen LogP contribution in [0.15, 0.2) is 34.4 Å². The molecule has 5 heteroatoms. The highest BCUT2D eigenvalue weighted by molar-refractivity contribution is 9.12. The molecule has 3 nitrogen and oxygen atoms in total. The van der Waals surface area contributed by atoms with Crippen LogP contribution in [-0.2, 0) is 9.59 Å². The molecule has 1 heterocycles. The van der Waals surface area contributed by atoms with E-state index >= 15 is 0 Å². The number of imide groups is 1. The van der Waals surface area contributed by atoms with Gasteiger partial charge in [-0.1, -0.05) is 44.0 Å². The Hall–Kier alpha value is -0.680. The Morgan fingerprint density at radius 2 is 1.55 bits per heavy atom. The number of carbonyl (C=O) groups excluding carboxylic acids is 2. The van der Waals surface area contributed by atoms with Crippen LogP contribution in [0.2, 0.25) is 0 Å². The van der Waals surface area contributed by atoms with Crippen molar-refractivity contribution < 1.29 is 9.59 Å². The van der Waals surface area contributed by atoms with Crippen molar-refractivity contribution in [2.45, 2.75) is 41.4 Å². The second kappa shape index (κ2) is 4.41. The van der Waals surface area contributed by atoms with E-state index < -0.39 is 0 Å². The molecule has 20 heavy (non-hydrogen) atoms. The van der Waals surface area contributed by atoms with Crippen LogP contribution in [0.3, 0.4) is 0 Å². The first-order chi connectivity index (χ1) is 9.58. The summed E-state index contributed by atoms with van der Waals surface area (Å²) < 4.78 is 0. The highest BCUT2D eigenvalue weighted by Gasteiger charge is 2.49. The van der Waals surface area contributed by atoms with E-state index in [0.717, 1.165) is 36.8 Å². The first-order valence-corrected chi connectivity index (χ1v) is 8.72. The Morgan fingerprint density at radius 1 is 0.950 bits per heavy atom. The lowest BCUT2D eigenvalue weighted by Crippen LogP contribution is -2.45. The van der Waals surface area contributed by atoms with Gasteiger partial charge < -0.3 is 0 Å².